The number of nitrogens with zero attached hydrogens (tertiary/aromatic N) is 6. The Bertz CT molecular complexity index is 1850. The molecule has 0 saturated heterocycles. The van der Waals surface area contributed by atoms with Crippen molar-refractivity contribution in [3.63, 3.8) is 0 Å². The Kier molecular flexibility index (Phi) is 9.39. The van der Waals surface area contributed by atoms with Crippen LogP contribution in [0.1, 0.15) is 131 Å². The second-order valence-electron chi connectivity index (χ2n) is 19.3. The fraction of sp³-hybridized carbons (Fsp3) is 0.696. The van der Waals surface area contributed by atoms with E-state index >= 15 is 0 Å². The first-order valence-corrected chi connectivity index (χ1v) is 21.9. The third-order valence-corrected chi connectivity index (χ3v) is 17.1. The number of hydrogen-bond acceptors (Lipinski definition) is 8. The number of ether oxygens (including phenoxy) is 2. The van der Waals surface area contributed by atoms with Crippen LogP contribution in [-0.2, 0) is 19.1 Å². The zero-order valence-corrected chi connectivity index (χ0v) is 34.6. The molecule has 10 rings (SSSR count). The van der Waals surface area contributed by atoms with Gasteiger partial charge in [-0.3, -0.25) is 9.59 Å². The second kappa shape index (κ2) is 13.9. The molecule has 56 heavy (non-hydrogen) atoms. The Balaban J connectivity index is 0.000000146. The van der Waals surface area contributed by atoms with Gasteiger partial charge in [0.15, 0.2) is 0 Å². The molecule has 0 aliphatic heterocycles. The molecule has 0 N–H and O–H groups in total. The number of Topliss-reactive ketones (excluding diaryl/α,β-unsaturated/α-hetero) is 2. The van der Waals surface area contributed by atoms with Crippen LogP contribution in [0, 0.1) is 57.2 Å². The van der Waals surface area contributed by atoms with Gasteiger partial charge in [0.2, 0.25) is 0 Å². The number of allylic oxidation sites excluding steroid dienone is 8. The van der Waals surface area contributed by atoms with E-state index in [4.69, 9.17) is 9.47 Å². The van der Waals surface area contributed by atoms with Crippen LogP contribution in [0.15, 0.2) is 59.6 Å². The molecule has 300 valence electrons. The molecule has 8 aliphatic carbocycles. The van der Waals surface area contributed by atoms with Crippen molar-refractivity contribution in [2.24, 2.45) is 57.2 Å². The number of ketones is 2. The molecule has 8 aliphatic rings. The van der Waals surface area contributed by atoms with Gasteiger partial charge in [-0.1, -0.05) is 32.9 Å². The molecule has 4 saturated carbocycles. The van der Waals surface area contributed by atoms with Gasteiger partial charge in [0.25, 0.3) is 0 Å². The number of carbonyl (C=O) groups excluding carboxylic acids is 2. The maximum Gasteiger partial charge on any atom is 0.139 e. The summed E-state index contributed by atoms with van der Waals surface area (Å²) in [6.07, 6.45) is 26.1. The van der Waals surface area contributed by atoms with Crippen molar-refractivity contribution in [1.82, 2.24) is 30.0 Å². The smallest absolute Gasteiger partial charge is 0.139 e. The summed E-state index contributed by atoms with van der Waals surface area (Å²) in [7, 11) is 0. The van der Waals surface area contributed by atoms with Crippen LogP contribution in [-0.4, -0.2) is 54.8 Å². The van der Waals surface area contributed by atoms with Crippen LogP contribution in [0.5, 0.6) is 0 Å². The molecule has 0 unspecified atom stereocenters. The summed E-state index contributed by atoms with van der Waals surface area (Å²) in [6, 6.07) is 0. The van der Waals surface area contributed by atoms with E-state index in [2.05, 4.69) is 74.2 Å². The summed E-state index contributed by atoms with van der Waals surface area (Å²) < 4.78 is 13.8. The quantitative estimate of drug-likeness (QED) is 0.286. The fourth-order valence-corrected chi connectivity index (χ4v) is 14.1. The first-order valence-electron chi connectivity index (χ1n) is 21.9. The number of carbonyl (C=O) groups is 2. The third-order valence-electron chi connectivity index (χ3n) is 17.1. The Morgan fingerprint density at radius 1 is 0.625 bits per heavy atom. The molecule has 10 atom stereocenters. The minimum Gasteiger partial charge on any atom is -0.498 e. The minimum absolute atomic E-state index is 0.108. The summed E-state index contributed by atoms with van der Waals surface area (Å²) in [5.41, 5.74) is 5.25. The van der Waals surface area contributed by atoms with Crippen molar-refractivity contribution in [1.29, 1.82) is 0 Å². The van der Waals surface area contributed by atoms with E-state index in [0.717, 1.165) is 101 Å². The minimum atomic E-state index is -0.112. The lowest BCUT2D eigenvalue weighted by Crippen LogP contribution is -2.50. The molecule has 4 fully saturated rings. The van der Waals surface area contributed by atoms with Crippen LogP contribution >= 0.6 is 0 Å². The van der Waals surface area contributed by atoms with Crippen molar-refractivity contribution in [2.45, 2.75) is 131 Å². The highest BCUT2D eigenvalue weighted by Gasteiger charge is 2.61. The topological polar surface area (TPSA) is 114 Å². The summed E-state index contributed by atoms with van der Waals surface area (Å²) >= 11 is 0. The van der Waals surface area contributed by atoms with Gasteiger partial charge in [-0.2, -0.15) is 15.0 Å². The fourth-order valence-electron chi connectivity index (χ4n) is 14.1. The van der Waals surface area contributed by atoms with Gasteiger partial charge in [-0.25, -0.2) is 4.68 Å². The normalized spacial score (nSPS) is 39.9. The predicted molar refractivity (Wildman–Crippen MR) is 214 cm³/mol. The standard InChI is InChI=1S/2C23H31N3O2/c1-4-28-15-7-9-22(2)18-8-10-23(3)17(5-6-21(23)27)16(18)14-20(19(22)13-15)26-12-11-24-25-26;1-4-28-15-7-9-22(2)18-8-10-23(3)17(5-6-21(23)27)16(18)14-20(19(22)13-15)26-24-11-12-25-26/h2*11-13,16-18H,4-10,14H2,1-3H3/t2*16-,17-,18-,22+,23-/m00/s1. The van der Waals surface area contributed by atoms with Crippen molar-refractivity contribution >= 4 is 23.0 Å². The van der Waals surface area contributed by atoms with Crippen LogP contribution in [0.2, 0.25) is 0 Å². The number of hydrogen-bond donors (Lipinski definition) is 0. The van der Waals surface area contributed by atoms with Crippen LogP contribution in [0.4, 0.5) is 0 Å². The summed E-state index contributed by atoms with van der Waals surface area (Å²) in [5.74, 6) is 6.56. The lowest BCUT2D eigenvalue weighted by Gasteiger charge is -2.56. The lowest BCUT2D eigenvalue weighted by molar-refractivity contribution is -0.132. The summed E-state index contributed by atoms with van der Waals surface area (Å²) in [6.45, 7) is 14.9. The van der Waals surface area contributed by atoms with Crippen LogP contribution in [0.3, 0.4) is 0 Å². The van der Waals surface area contributed by atoms with E-state index in [9.17, 15) is 9.59 Å². The molecule has 0 bridgehead atoms. The summed E-state index contributed by atoms with van der Waals surface area (Å²) in [4.78, 5) is 27.3. The van der Waals surface area contributed by atoms with Crippen molar-refractivity contribution in [3.8, 4) is 0 Å². The maximum absolute atomic E-state index is 12.7. The highest BCUT2D eigenvalue weighted by molar-refractivity contribution is 5.88. The number of rotatable bonds is 6. The molecule has 2 heterocycles. The van der Waals surface area contributed by atoms with Gasteiger partial charge in [-0.05, 0) is 148 Å². The molecular weight excluding hydrogens is 701 g/mol. The first kappa shape index (κ1) is 37.7. The third kappa shape index (κ3) is 5.68. The van der Waals surface area contributed by atoms with Crippen molar-refractivity contribution in [2.75, 3.05) is 13.2 Å². The van der Waals surface area contributed by atoms with Crippen LogP contribution < -0.4 is 0 Å². The molecule has 0 spiro atoms. The van der Waals surface area contributed by atoms with E-state index in [1.807, 2.05) is 15.7 Å². The van der Waals surface area contributed by atoms with Crippen molar-refractivity contribution in [3.05, 3.63) is 59.6 Å². The molecule has 10 nitrogen and oxygen atoms in total. The van der Waals surface area contributed by atoms with Gasteiger partial charge in [-0.15, -0.1) is 5.10 Å². The highest BCUT2D eigenvalue weighted by atomic mass is 16.5. The zero-order chi connectivity index (χ0) is 39.0. The van der Waals surface area contributed by atoms with Gasteiger partial charge in [0, 0.05) is 42.2 Å². The largest absolute Gasteiger partial charge is 0.498 e. The predicted octanol–water partition coefficient (Wildman–Crippen LogP) is 9.25. The molecule has 0 aromatic carbocycles. The Labute approximate surface area is 332 Å². The Morgan fingerprint density at radius 3 is 1.59 bits per heavy atom. The molecule has 2 aromatic heterocycles. The molecule has 2 aromatic rings. The average molecular weight is 763 g/mol. The van der Waals surface area contributed by atoms with Crippen LogP contribution in [0.25, 0.3) is 11.4 Å². The zero-order valence-electron chi connectivity index (χ0n) is 34.6. The van der Waals surface area contributed by atoms with Gasteiger partial charge >= 0.3 is 0 Å². The van der Waals surface area contributed by atoms with E-state index in [1.165, 1.54) is 22.5 Å². The van der Waals surface area contributed by atoms with E-state index in [0.29, 0.717) is 60.3 Å². The summed E-state index contributed by atoms with van der Waals surface area (Å²) in [5, 5.41) is 17.4. The molecule has 10 heteroatoms. The molecule has 0 radical (unpaired) electrons. The molecular formula is C46H62N6O4. The number of fused-ring (bicyclic) bond motifs is 10. The second-order valence-corrected chi connectivity index (χ2v) is 19.3. The Hall–Kier alpha value is -3.82. The molecule has 0 amide bonds. The maximum atomic E-state index is 12.7. The monoisotopic (exact) mass is 762 g/mol. The van der Waals surface area contributed by atoms with Gasteiger partial charge in [0.05, 0.1) is 55.2 Å². The van der Waals surface area contributed by atoms with E-state index in [-0.39, 0.29) is 21.7 Å². The van der Waals surface area contributed by atoms with E-state index < -0.39 is 0 Å². The lowest BCUT2D eigenvalue weighted by atomic mass is 9.48. The first-order chi connectivity index (χ1) is 26.9. The SMILES string of the molecule is CCOC1=CC2=C(n3ccnn3)C[C@@H]3[C@H](CC[C@]4(C)C(=O)CC[C@@H]34)[C@@]2(C)CC1.CCOC1=CC2=C(n3nccn3)C[C@@H]3[C@H](CC[C@]4(C)C(=O)CC[C@@H]34)[C@@]2(C)CC1. The van der Waals surface area contributed by atoms with E-state index in [1.54, 1.807) is 18.6 Å². The van der Waals surface area contributed by atoms with Gasteiger partial charge in [0.1, 0.15) is 11.6 Å². The van der Waals surface area contributed by atoms with Gasteiger partial charge < -0.3 is 9.47 Å². The average Bonchev–Trinajstić information content (AvgIpc) is 4.01. The number of aromatic nitrogens is 6. The highest BCUT2D eigenvalue weighted by Crippen LogP contribution is 2.67. The Morgan fingerprint density at radius 2 is 1.11 bits per heavy atom. The van der Waals surface area contributed by atoms with Crippen molar-refractivity contribution < 1.29 is 19.1 Å².